The summed E-state index contributed by atoms with van der Waals surface area (Å²) in [5.41, 5.74) is 4.39. The highest BCUT2D eigenvalue weighted by atomic mass is 35.5. The molecule has 0 aromatic heterocycles. The zero-order chi connectivity index (χ0) is 19.0. The highest BCUT2D eigenvalue weighted by molar-refractivity contribution is 6.39. The topological polar surface area (TPSA) is 58.2 Å². The molecule has 2 unspecified atom stereocenters. The molecule has 1 fully saturated rings. The number of para-hydroxylation sites is 1. The minimum atomic E-state index is -0.367. The van der Waals surface area contributed by atoms with E-state index < -0.39 is 0 Å². The molecule has 0 saturated heterocycles. The van der Waals surface area contributed by atoms with E-state index in [0.29, 0.717) is 22.2 Å². The van der Waals surface area contributed by atoms with Gasteiger partial charge in [0.25, 0.3) is 0 Å². The second-order valence-corrected chi connectivity index (χ2v) is 7.61. The van der Waals surface area contributed by atoms with Crippen LogP contribution in [0.4, 0.5) is 11.4 Å². The number of benzene rings is 2. The Morgan fingerprint density at radius 1 is 0.885 bits per heavy atom. The van der Waals surface area contributed by atoms with Gasteiger partial charge >= 0.3 is 0 Å². The molecule has 0 radical (unpaired) electrons. The molecular formula is C20H20Cl2N2O2. The van der Waals surface area contributed by atoms with Crippen molar-refractivity contribution >= 4 is 46.4 Å². The van der Waals surface area contributed by atoms with Crippen LogP contribution in [0.3, 0.4) is 0 Å². The van der Waals surface area contributed by atoms with Gasteiger partial charge in [-0.25, -0.2) is 0 Å². The van der Waals surface area contributed by atoms with Crippen molar-refractivity contribution in [1.82, 2.24) is 0 Å². The lowest BCUT2D eigenvalue weighted by Gasteiger charge is -2.13. The number of hydrogen-bond acceptors (Lipinski definition) is 2. The van der Waals surface area contributed by atoms with Crippen molar-refractivity contribution in [2.24, 2.45) is 11.8 Å². The summed E-state index contributed by atoms with van der Waals surface area (Å²) in [6.45, 7) is 5.95. The Hall–Kier alpha value is -2.04. The van der Waals surface area contributed by atoms with E-state index in [4.69, 9.17) is 23.2 Å². The molecule has 136 valence electrons. The van der Waals surface area contributed by atoms with Gasteiger partial charge in [-0.1, -0.05) is 47.0 Å². The van der Waals surface area contributed by atoms with Crippen LogP contribution in [-0.2, 0) is 9.59 Å². The Kier molecular flexibility index (Phi) is 5.26. The van der Waals surface area contributed by atoms with Crippen molar-refractivity contribution in [3.05, 3.63) is 57.1 Å². The van der Waals surface area contributed by atoms with Crippen molar-refractivity contribution in [2.75, 3.05) is 10.6 Å². The summed E-state index contributed by atoms with van der Waals surface area (Å²) in [7, 11) is 0. The molecule has 2 amide bonds. The molecule has 26 heavy (non-hydrogen) atoms. The fourth-order valence-corrected chi connectivity index (χ4v) is 3.69. The first-order chi connectivity index (χ1) is 12.3. The van der Waals surface area contributed by atoms with Crippen molar-refractivity contribution < 1.29 is 9.59 Å². The molecule has 1 aliphatic carbocycles. The Morgan fingerprint density at radius 3 is 1.85 bits per heavy atom. The quantitative estimate of drug-likeness (QED) is 0.759. The number of hydrogen-bond donors (Lipinski definition) is 2. The molecule has 6 heteroatoms. The second-order valence-electron chi connectivity index (χ2n) is 6.80. The maximum absolute atomic E-state index is 12.5. The third-order valence-electron chi connectivity index (χ3n) is 4.60. The van der Waals surface area contributed by atoms with Crippen LogP contribution in [0, 0.1) is 32.6 Å². The third-order valence-corrected chi connectivity index (χ3v) is 5.23. The van der Waals surface area contributed by atoms with Crippen LogP contribution in [0.15, 0.2) is 30.3 Å². The van der Waals surface area contributed by atoms with Crippen LogP contribution in [0.2, 0.25) is 10.0 Å². The SMILES string of the molecule is Cc1cc(C)c(NC(=O)C2CC2C(=O)Nc2c(Cl)cccc2Cl)c(C)c1. The molecule has 1 aliphatic rings. The molecule has 2 aromatic rings. The molecule has 0 heterocycles. The molecule has 1 saturated carbocycles. The third kappa shape index (κ3) is 3.87. The number of aryl methyl sites for hydroxylation is 3. The summed E-state index contributed by atoms with van der Waals surface area (Å²) in [6, 6.07) is 9.07. The number of rotatable bonds is 4. The summed E-state index contributed by atoms with van der Waals surface area (Å²) in [4.78, 5) is 24.9. The largest absolute Gasteiger partial charge is 0.325 e. The van der Waals surface area contributed by atoms with Crippen LogP contribution in [0.1, 0.15) is 23.1 Å². The summed E-state index contributed by atoms with van der Waals surface area (Å²) < 4.78 is 0. The first kappa shape index (κ1) is 18.7. The van der Waals surface area contributed by atoms with Crippen LogP contribution in [0.5, 0.6) is 0 Å². The Morgan fingerprint density at radius 2 is 1.35 bits per heavy atom. The average molecular weight is 391 g/mol. The highest BCUT2D eigenvalue weighted by Gasteiger charge is 2.48. The number of anilines is 2. The van der Waals surface area contributed by atoms with Gasteiger partial charge in [-0.3, -0.25) is 9.59 Å². The zero-order valence-electron chi connectivity index (χ0n) is 14.8. The minimum absolute atomic E-state index is 0.134. The molecular weight excluding hydrogens is 371 g/mol. The standard InChI is InChI=1S/C20H20Cl2N2O2/c1-10-7-11(2)17(12(3)8-10)23-19(25)13-9-14(13)20(26)24-18-15(21)5-4-6-16(18)22/h4-8,13-14H,9H2,1-3H3,(H,23,25)(H,24,26). The molecule has 2 N–H and O–H groups in total. The van der Waals surface area contributed by atoms with Crippen molar-refractivity contribution in [3.8, 4) is 0 Å². The van der Waals surface area contributed by atoms with E-state index in [0.717, 1.165) is 22.4 Å². The fraction of sp³-hybridized carbons (Fsp3) is 0.300. The molecule has 0 spiro atoms. The van der Waals surface area contributed by atoms with E-state index >= 15 is 0 Å². The van der Waals surface area contributed by atoms with Gasteiger partial charge in [-0.15, -0.1) is 0 Å². The smallest absolute Gasteiger partial charge is 0.228 e. The molecule has 2 aromatic carbocycles. The van der Waals surface area contributed by atoms with Gasteiger partial charge in [-0.05, 0) is 50.5 Å². The predicted molar refractivity (Wildman–Crippen MR) is 106 cm³/mol. The molecule has 3 rings (SSSR count). The normalized spacial score (nSPS) is 18.3. The lowest BCUT2D eigenvalue weighted by atomic mass is 10.0. The van der Waals surface area contributed by atoms with E-state index in [2.05, 4.69) is 10.6 Å². The molecule has 0 bridgehead atoms. The summed E-state index contributed by atoms with van der Waals surface area (Å²) in [5.74, 6) is -1.08. The summed E-state index contributed by atoms with van der Waals surface area (Å²) >= 11 is 12.1. The monoisotopic (exact) mass is 390 g/mol. The van der Waals surface area contributed by atoms with Gasteiger partial charge in [0.05, 0.1) is 27.6 Å². The van der Waals surface area contributed by atoms with Crippen LogP contribution < -0.4 is 10.6 Å². The first-order valence-corrected chi connectivity index (χ1v) is 9.17. The van der Waals surface area contributed by atoms with E-state index in [1.54, 1.807) is 18.2 Å². The lowest BCUT2D eigenvalue weighted by molar-refractivity contribution is -0.122. The first-order valence-electron chi connectivity index (χ1n) is 8.41. The van der Waals surface area contributed by atoms with E-state index in [9.17, 15) is 9.59 Å². The lowest BCUT2D eigenvalue weighted by Crippen LogP contribution is -2.21. The maximum atomic E-state index is 12.5. The number of amides is 2. The Bertz CT molecular complexity index is 852. The molecule has 2 atom stereocenters. The van der Waals surface area contributed by atoms with Crippen LogP contribution >= 0.6 is 23.2 Å². The average Bonchev–Trinajstić information content (AvgIpc) is 3.35. The Balaban J connectivity index is 1.65. The zero-order valence-corrected chi connectivity index (χ0v) is 16.3. The second kappa shape index (κ2) is 7.29. The summed E-state index contributed by atoms with van der Waals surface area (Å²) in [5, 5.41) is 6.45. The predicted octanol–water partition coefficient (Wildman–Crippen LogP) is 5.13. The fourth-order valence-electron chi connectivity index (χ4n) is 3.20. The van der Waals surface area contributed by atoms with Gasteiger partial charge in [0.15, 0.2) is 0 Å². The van der Waals surface area contributed by atoms with Gasteiger partial charge in [0, 0.05) is 5.69 Å². The van der Waals surface area contributed by atoms with Crippen molar-refractivity contribution in [3.63, 3.8) is 0 Å². The van der Waals surface area contributed by atoms with Crippen LogP contribution in [-0.4, -0.2) is 11.8 Å². The highest BCUT2D eigenvalue weighted by Crippen LogP contribution is 2.41. The number of carbonyl (C=O) groups excluding carboxylic acids is 2. The summed E-state index contributed by atoms with van der Waals surface area (Å²) in [6.07, 6.45) is 0.518. The van der Waals surface area contributed by atoms with Gasteiger partial charge in [-0.2, -0.15) is 0 Å². The number of nitrogens with one attached hydrogen (secondary N) is 2. The van der Waals surface area contributed by atoms with E-state index in [1.165, 1.54) is 0 Å². The number of halogens is 2. The Labute approximate surface area is 162 Å². The molecule has 4 nitrogen and oxygen atoms in total. The van der Waals surface area contributed by atoms with E-state index in [-0.39, 0.29) is 23.7 Å². The van der Waals surface area contributed by atoms with Gasteiger partial charge in [0.1, 0.15) is 0 Å². The van der Waals surface area contributed by atoms with Crippen molar-refractivity contribution in [1.29, 1.82) is 0 Å². The van der Waals surface area contributed by atoms with Gasteiger partial charge < -0.3 is 10.6 Å². The molecule has 0 aliphatic heterocycles. The van der Waals surface area contributed by atoms with Gasteiger partial charge in [0.2, 0.25) is 11.8 Å². The van der Waals surface area contributed by atoms with E-state index in [1.807, 2.05) is 32.9 Å². The maximum Gasteiger partial charge on any atom is 0.228 e. The number of carbonyl (C=O) groups is 2. The van der Waals surface area contributed by atoms with Crippen LogP contribution in [0.25, 0.3) is 0 Å². The van der Waals surface area contributed by atoms with Crippen molar-refractivity contribution in [2.45, 2.75) is 27.2 Å². The minimum Gasteiger partial charge on any atom is -0.325 e.